The fraction of sp³-hybridized carbons (Fsp3) is 0.583. The smallest absolute Gasteiger partial charge is 0.177 e. The molecule has 0 N–H and O–H groups in total. The molecule has 0 saturated carbocycles. The molecular weight excluding hydrogens is 400 g/mol. The second-order valence-electron chi connectivity index (χ2n) is 7.78. The minimum atomic E-state index is -0.268. The van der Waals surface area contributed by atoms with Crippen molar-refractivity contribution in [1.29, 1.82) is 0 Å². The molecule has 0 saturated heterocycles. The third kappa shape index (κ3) is 8.33. The first-order valence-electron chi connectivity index (χ1n) is 10.0. The third-order valence-corrected chi connectivity index (χ3v) is 6.08. The van der Waals surface area contributed by atoms with Crippen LogP contribution < -0.4 is 0 Å². The molecule has 0 bridgehead atoms. The average molecular weight is 437 g/mol. The lowest BCUT2D eigenvalue weighted by atomic mass is 9.72. The highest BCUT2D eigenvalue weighted by molar-refractivity contribution is 9.09. The second kappa shape index (κ2) is 11.8. The molecule has 0 aromatic rings. The van der Waals surface area contributed by atoms with Crippen LogP contribution in [0, 0.1) is 5.41 Å². The predicted molar refractivity (Wildman–Crippen MR) is 121 cm³/mol. The molecule has 152 valence electrons. The van der Waals surface area contributed by atoms with Gasteiger partial charge in [-0.15, -0.1) is 0 Å². The van der Waals surface area contributed by atoms with E-state index in [0.717, 1.165) is 5.57 Å². The molecule has 1 aliphatic rings. The van der Waals surface area contributed by atoms with Gasteiger partial charge in [-0.1, -0.05) is 76.9 Å². The molecule has 1 aliphatic carbocycles. The summed E-state index contributed by atoms with van der Waals surface area (Å²) in [5.74, 6) is 0. The van der Waals surface area contributed by atoms with Crippen LogP contribution in [0.25, 0.3) is 0 Å². The lowest BCUT2D eigenvalue weighted by Crippen LogP contribution is -2.24. The van der Waals surface area contributed by atoms with E-state index >= 15 is 0 Å². The van der Waals surface area contributed by atoms with Crippen LogP contribution in [-0.2, 0) is 9.47 Å². The Morgan fingerprint density at radius 3 is 2.37 bits per heavy atom. The number of ether oxygens (including phenoxy) is 2. The summed E-state index contributed by atoms with van der Waals surface area (Å²) in [6, 6.07) is 0. The van der Waals surface area contributed by atoms with Gasteiger partial charge in [0.25, 0.3) is 0 Å². The van der Waals surface area contributed by atoms with Crippen molar-refractivity contribution in [2.45, 2.75) is 72.4 Å². The molecule has 0 heterocycles. The van der Waals surface area contributed by atoms with Gasteiger partial charge < -0.3 is 9.47 Å². The summed E-state index contributed by atoms with van der Waals surface area (Å²) in [6.07, 6.45) is 15.0. The van der Waals surface area contributed by atoms with Crippen LogP contribution >= 0.6 is 15.9 Å². The summed E-state index contributed by atoms with van der Waals surface area (Å²) < 4.78 is 11.1. The van der Waals surface area contributed by atoms with Crippen LogP contribution in [0.5, 0.6) is 0 Å². The van der Waals surface area contributed by atoms with Crippen molar-refractivity contribution in [2.75, 3.05) is 13.2 Å². The van der Waals surface area contributed by atoms with E-state index in [4.69, 9.17) is 9.47 Å². The highest BCUT2D eigenvalue weighted by Crippen LogP contribution is 2.43. The summed E-state index contributed by atoms with van der Waals surface area (Å²) in [7, 11) is 0. The largest absolute Gasteiger partial charge is 0.349 e. The Balaban J connectivity index is 2.80. The Bertz CT molecular complexity index is 614. The molecule has 0 fully saturated rings. The molecule has 0 spiro atoms. The molecule has 1 rings (SSSR count). The minimum absolute atomic E-state index is 0.244. The van der Waals surface area contributed by atoms with Gasteiger partial charge in [-0.2, -0.15) is 0 Å². The van der Waals surface area contributed by atoms with Gasteiger partial charge in [0.15, 0.2) is 6.29 Å². The maximum atomic E-state index is 5.56. The van der Waals surface area contributed by atoms with Crippen molar-refractivity contribution in [3.63, 3.8) is 0 Å². The molecule has 1 unspecified atom stereocenters. The van der Waals surface area contributed by atoms with Crippen molar-refractivity contribution < 1.29 is 9.47 Å². The lowest BCUT2D eigenvalue weighted by Gasteiger charge is -2.35. The van der Waals surface area contributed by atoms with Crippen LogP contribution in [0.2, 0.25) is 0 Å². The molecule has 0 aromatic heterocycles. The predicted octanol–water partition coefficient (Wildman–Crippen LogP) is 7.29. The van der Waals surface area contributed by atoms with E-state index in [-0.39, 0.29) is 11.7 Å². The zero-order chi connectivity index (χ0) is 20.4. The number of alkyl halides is 1. The van der Waals surface area contributed by atoms with Gasteiger partial charge in [0.2, 0.25) is 0 Å². The highest BCUT2D eigenvalue weighted by atomic mass is 79.9. The van der Waals surface area contributed by atoms with Crippen LogP contribution in [0.15, 0.2) is 58.7 Å². The Hall–Kier alpha value is -0.900. The molecule has 27 heavy (non-hydrogen) atoms. The zero-order valence-corrected chi connectivity index (χ0v) is 19.7. The molecule has 0 radical (unpaired) electrons. The van der Waals surface area contributed by atoms with Gasteiger partial charge in [0.05, 0.1) is 0 Å². The molecule has 0 aromatic carbocycles. The van der Waals surface area contributed by atoms with E-state index in [1.165, 1.54) is 29.6 Å². The van der Waals surface area contributed by atoms with E-state index in [2.05, 4.69) is 80.9 Å². The Morgan fingerprint density at radius 2 is 1.78 bits per heavy atom. The van der Waals surface area contributed by atoms with Crippen LogP contribution in [0.4, 0.5) is 0 Å². The van der Waals surface area contributed by atoms with Crippen LogP contribution in [0.1, 0.15) is 61.3 Å². The number of allylic oxidation sites excluding steroid dienone is 9. The first kappa shape index (κ1) is 24.1. The van der Waals surface area contributed by atoms with E-state index in [1.54, 1.807) is 0 Å². The van der Waals surface area contributed by atoms with Crippen molar-refractivity contribution in [2.24, 2.45) is 5.41 Å². The molecule has 2 nitrogen and oxygen atoms in total. The van der Waals surface area contributed by atoms with E-state index < -0.39 is 0 Å². The molecular formula is C24H37BrO2. The fourth-order valence-electron chi connectivity index (χ4n) is 3.26. The number of hydrogen-bond donors (Lipinski definition) is 0. The topological polar surface area (TPSA) is 18.5 Å². The van der Waals surface area contributed by atoms with Gasteiger partial charge in [-0.3, -0.25) is 0 Å². The van der Waals surface area contributed by atoms with E-state index in [0.29, 0.717) is 18.0 Å². The van der Waals surface area contributed by atoms with Gasteiger partial charge in [-0.25, -0.2) is 0 Å². The quantitative estimate of drug-likeness (QED) is 0.214. The molecule has 3 heteroatoms. The van der Waals surface area contributed by atoms with Gasteiger partial charge in [0.1, 0.15) is 0 Å². The van der Waals surface area contributed by atoms with Crippen LogP contribution in [-0.4, -0.2) is 24.3 Å². The Labute approximate surface area is 175 Å². The minimum Gasteiger partial charge on any atom is -0.349 e. The van der Waals surface area contributed by atoms with Crippen molar-refractivity contribution in [1.82, 2.24) is 0 Å². The number of halogens is 1. The maximum Gasteiger partial charge on any atom is 0.177 e. The molecule has 0 amide bonds. The normalized spacial score (nSPS) is 21.9. The SMILES string of the molecule is CCOC(/C=C(C)/C=C/C=C(C)/C=C/C1=C(C)C(Br)CCC1(C)C)OCC. The Kier molecular flexibility index (Phi) is 10.6. The molecule has 1 atom stereocenters. The third-order valence-electron chi connectivity index (χ3n) is 4.94. The first-order chi connectivity index (χ1) is 12.7. The number of hydrogen-bond acceptors (Lipinski definition) is 2. The fourth-order valence-corrected chi connectivity index (χ4v) is 3.74. The second-order valence-corrected chi connectivity index (χ2v) is 8.88. The summed E-state index contributed by atoms with van der Waals surface area (Å²) >= 11 is 3.81. The summed E-state index contributed by atoms with van der Waals surface area (Å²) in [5.41, 5.74) is 5.53. The highest BCUT2D eigenvalue weighted by Gasteiger charge is 2.30. The van der Waals surface area contributed by atoms with Crippen LogP contribution in [0.3, 0.4) is 0 Å². The van der Waals surface area contributed by atoms with Gasteiger partial charge >= 0.3 is 0 Å². The van der Waals surface area contributed by atoms with Crippen molar-refractivity contribution in [3.8, 4) is 0 Å². The summed E-state index contributed by atoms with van der Waals surface area (Å²) in [6.45, 7) is 16.4. The molecule has 0 aliphatic heterocycles. The summed E-state index contributed by atoms with van der Waals surface area (Å²) in [4.78, 5) is 0.505. The monoisotopic (exact) mass is 436 g/mol. The van der Waals surface area contributed by atoms with Gasteiger partial charge in [-0.05, 0) is 64.5 Å². The summed E-state index contributed by atoms with van der Waals surface area (Å²) in [5, 5.41) is 0. The van der Waals surface area contributed by atoms with Gasteiger partial charge in [0, 0.05) is 18.0 Å². The first-order valence-corrected chi connectivity index (χ1v) is 10.9. The maximum absolute atomic E-state index is 5.56. The standard InChI is InChI=1S/C24H37BrO2/c1-8-26-23(27-9-2)17-19(4)12-10-11-18(3)13-14-21-20(5)22(25)15-16-24(21,6)7/h10-14,17,22-23H,8-9,15-16H2,1-7H3/b12-10+,14-13+,18-11+,19-17+. The van der Waals surface area contributed by atoms with E-state index in [9.17, 15) is 0 Å². The van der Waals surface area contributed by atoms with Crippen molar-refractivity contribution >= 4 is 15.9 Å². The van der Waals surface area contributed by atoms with Crippen molar-refractivity contribution in [3.05, 3.63) is 58.7 Å². The average Bonchev–Trinajstić information content (AvgIpc) is 2.59. The zero-order valence-electron chi connectivity index (χ0n) is 18.1. The Morgan fingerprint density at radius 1 is 1.15 bits per heavy atom. The van der Waals surface area contributed by atoms with E-state index in [1.807, 2.05) is 19.9 Å². The lowest BCUT2D eigenvalue weighted by molar-refractivity contribution is -0.104. The number of rotatable bonds is 9.